The molecule has 0 unspecified atom stereocenters. The van der Waals surface area contributed by atoms with Crippen LogP contribution in [0.15, 0.2) is 16.9 Å². The smallest absolute Gasteiger partial charge is 0.274 e. The maximum atomic E-state index is 11.7. The Kier molecular flexibility index (Phi) is 4.12. The van der Waals surface area contributed by atoms with Crippen LogP contribution in [0.1, 0.15) is 16.9 Å². The van der Waals surface area contributed by atoms with Crippen LogP contribution >= 0.6 is 12.2 Å². The van der Waals surface area contributed by atoms with Crippen molar-refractivity contribution in [3.63, 3.8) is 0 Å². The molecule has 1 heterocycles. The molecule has 0 saturated carbocycles. The summed E-state index contributed by atoms with van der Waals surface area (Å²) in [5.74, 6) is -0.285. The van der Waals surface area contributed by atoms with Gasteiger partial charge >= 0.3 is 0 Å². The minimum absolute atomic E-state index is 0.185. The first-order valence-electron chi connectivity index (χ1n) is 4.60. The number of nitrogens with two attached hydrogens (primary N) is 1. The summed E-state index contributed by atoms with van der Waals surface area (Å²) in [6.07, 6.45) is 0.459. The summed E-state index contributed by atoms with van der Waals surface area (Å²) in [4.78, 5) is 24.3. The van der Waals surface area contributed by atoms with Crippen LogP contribution in [0.25, 0.3) is 0 Å². The largest absolute Gasteiger partial charge is 0.393 e. The Morgan fingerprint density at radius 2 is 2.31 bits per heavy atom. The van der Waals surface area contributed by atoms with E-state index in [1.807, 2.05) is 0 Å². The number of hydrogen-bond acceptors (Lipinski definition) is 4. The maximum absolute atomic E-state index is 11.7. The first-order chi connectivity index (χ1) is 7.50. The molecule has 0 spiro atoms. The van der Waals surface area contributed by atoms with Gasteiger partial charge in [-0.1, -0.05) is 12.2 Å². The molecular weight excluding hydrogens is 228 g/mol. The van der Waals surface area contributed by atoms with Gasteiger partial charge in [0.05, 0.1) is 4.99 Å². The second-order valence-electron chi connectivity index (χ2n) is 3.25. The second kappa shape index (κ2) is 5.36. The monoisotopic (exact) mass is 240 g/mol. The molecule has 3 N–H and O–H groups in total. The first-order valence-corrected chi connectivity index (χ1v) is 5.01. The molecule has 7 heteroatoms. The Labute approximate surface area is 97.4 Å². The topological polar surface area (TPSA) is 92.1 Å². The summed E-state index contributed by atoms with van der Waals surface area (Å²) in [5.41, 5.74) is 5.17. The first kappa shape index (κ1) is 12.3. The molecule has 1 amide bonds. The molecule has 1 aromatic heterocycles. The number of carbonyl (C=O) groups is 1. The van der Waals surface area contributed by atoms with E-state index in [2.05, 4.69) is 10.2 Å². The third kappa shape index (κ3) is 3.43. The molecular formula is C9H12N4O2S. The van der Waals surface area contributed by atoms with Gasteiger partial charge in [0, 0.05) is 26.1 Å². The van der Waals surface area contributed by atoms with Gasteiger partial charge in [-0.3, -0.25) is 9.59 Å². The minimum atomic E-state index is -0.345. The number of hydrogen-bond donors (Lipinski definition) is 2. The Morgan fingerprint density at radius 3 is 2.81 bits per heavy atom. The zero-order valence-corrected chi connectivity index (χ0v) is 9.58. The Morgan fingerprint density at radius 1 is 1.62 bits per heavy atom. The molecule has 0 aromatic carbocycles. The summed E-state index contributed by atoms with van der Waals surface area (Å²) in [7, 11) is 1.62. The van der Waals surface area contributed by atoms with E-state index < -0.39 is 0 Å². The Hall–Kier alpha value is -1.76. The van der Waals surface area contributed by atoms with Crippen LogP contribution in [0.3, 0.4) is 0 Å². The summed E-state index contributed by atoms with van der Waals surface area (Å²) >= 11 is 4.71. The number of rotatable bonds is 4. The van der Waals surface area contributed by atoms with Crippen molar-refractivity contribution in [2.45, 2.75) is 6.42 Å². The Balaban J connectivity index is 2.66. The fraction of sp³-hybridized carbons (Fsp3) is 0.333. The van der Waals surface area contributed by atoms with E-state index >= 15 is 0 Å². The summed E-state index contributed by atoms with van der Waals surface area (Å²) in [6.45, 7) is 0.426. The van der Waals surface area contributed by atoms with Crippen molar-refractivity contribution < 1.29 is 4.79 Å². The highest BCUT2D eigenvalue weighted by atomic mass is 32.1. The summed E-state index contributed by atoms with van der Waals surface area (Å²) < 4.78 is 0. The van der Waals surface area contributed by atoms with Gasteiger partial charge in [-0.05, 0) is 6.07 Å². The van der Waals surface area contributed by atoms with Crippen molar-refractivity contribution in [3.8, 4) is 0 Å². The lowest BCUT2D eigenvalue weighted by Gasteiger charge is -2.15. The van der Waals surface area contributed by atoms with E-state index in [0.29, 0.717) is 18.0 Å². The highest BCUT2D eigenvalue weighted by Crippen LogP contribution is 1.97. The quantitative estimate of drug-likeness (QED) is 0.693. The highest BCUT2D eigenvalue weighted by Gasteiger charge is 2.12. The number of nitrogens with zero attached hydrogens (tertiary/aromatic N) is 2. The third-order valence-corrected chi connectivity index (χ3v) is 2.14. The SMILES string of the molecule is CN(CCC(N)=S)C(=O)c1ccc(=O)[nH]n1. The molecule has 0 aliphatic carbocycles. The minimum Gasteiger partial charge on any atom is -0.393 e. The third-order valence-electron chi connectivity index (χ3n) is 1.94. The lowest BCUT2D eigenvalue weighted by atomic mass is 10.3. The summed E-state index contributed by atoms with van der Waals surface area (Å²) in [5, 5.41) is 5.83. The van der Waals surface area contributed by atoms with E-state index in [0.717, 1.165) is 0 Å². The predicted molar refractivity (Wildman–Crippen MR) is 63.2 cm³/mol. The highest BCUT2D eigenvalue weighted by molar-refractivity contribution is 7.80. The van der Waals surface area contributed by atoms with Crippen LogP contribution in [0.2, 0.25) is 0 Å². The Bertz CT molecular complexity index is 437. The van der Waals surface area contributed by atoms with Gasteiger partial charge in [-0.2, -0.15) is 5.10 Å². The van der Waals surface area contributed by atoms with Crippen molar-refractivity contribution in [3.05, 3.63) is 28.2 Å². The average Bonchev–Trinajstić information content (AvgIpc) is 2.26. The lowest BCUT2D eigenvalue weighted by molar-refractivity contribution is 0.0792. The van der Waals surface area contributed by atoms with Crippen LogP contribution in [-0.4, -0.2) is 39.6 Å². The fourth-order valence-corrected chi connectivity index (χ4v) is 1.13. The van der Waals surface area contributed by atoms with Crippen molar-refractivity contribution in [2.75, 3.05) is 13.6 Å². The van der Waals surface area contributed by atoms with Crippen LogP contribution in [0.5, 0.6) is 0 Å². The van der Waals surface area contributed by atoms with E-state index in [4.69, 9.17) is 18.0 Å². The van der Waals surface area contributed by atoms with E-state index in [-0.39, 0.29) is 17.2 Å². The molecule has 0 atom stereocenters. The van der Waals surface area contributed by atoms with Crippen molar-refractivity contribution in [1.29, 1.82) is 0 Å². The lowest BCUT2D eigenvalue weighted by Crippen LogP contribution is -2.31. The van der Waals surface area contributed by atoms with Crippen LogP contribution in [-0.2, 0) is 0 Å². The zero-order chi connectivity index (χ0) is 12.1. The average molecular weight is 240 g/mol. The van der Waals surface area contributed by atoms with Crippen LogP contribution < -0.4 is 11.3 Å². The number of H-pyrrole nitrogens is 1. The molecule has 6 nitrogen and oxygen atoms in total. The number of amides is 1. The maximum Gasteiger partial charge on any atom is 0.274 e. The number of aromatic amines is 1. The van der Waals surface area contributed by atoms with Gasteiger partial charge in [0.15, 0.2) is 0 Å². The molecule has 0 aliphatic rings. The van der Waals surface area contributed by atoms with Gasteiger partial charge in [-0.15, -0.1) is 0 Å². The fourth-order valence-electron chi connectivity index (χ4n) is 1.04. The van der Waals surface area contributed by atoms with Gasteiger partial charge < -0.3 is 10.6 Å². The molecule has 0 radical (unpaired) electrons. The van der Waals surface area contributed by atoms with Crippen molar-refractivity contribution in [2.24, 2.45) is 5.73 Å². The number of carbonyl (C=O) groups excluding carboxylic acids is 1. The van der Waals surface area contributed by atoms with Crippen molar-refractivity contribution in [1.82, 2.24) is 15.1 Å². The normalized spacial score (nSPS) is 9.81. The van der Waals surface area contributed by atoms with Gasteiger partial charge in [-0.25, -0.2) is 5.10 Å². The molecule has 1 aromatic rings. The second-order valence-corrected chi connectivity index (χ2v) is 3.77. The number of aromatic nitrogens is 2. The van der Waals surface area contributed by atoms with Crippen LogP contribution in [0.4, 0.5) is 0 Å². The number of nitrogens with one attached hydrogen (secondary N) is 1. The van der Waals surface area contributed by atoms with Gasteiger partial charge in [0.25, 0.3) is 11.5 Å². The zero-order valence-electron chi connectivity index (χ0n) is 8.77. The molecule has 0 saturated heterocycles. The van der Waals surface area contributed by atoms with Gasteiger partial charge in [0.2, 0.25) is 0 Å². The van der Waals surface area contributed by atoms with E-state index in [1.54, 1.807) is 7.05 Å². The molecule has 86 valence electrons. The molecule has 16 heavy (non-hydrogen) atoms. The summed E-state index contributed by atoms with van der Waals surface area (Å²) in [6, 6.07) is 2.63. The predicted octanol–water partition coefficient (Wildman–Crippen LogP) is -0.482. The molecule has 0 bridgehead atoms. The molecule has 0 aliphatic heterocycles. The van der Waals surface area contributed by atoms with Gasteiger partial charge in [0.1, 0.15) is 5.69 Å². The standard InChI is InChI=1S/C9H12N4O2S/c1-13(5-4-7(10)16)9(15)6-2-3-8(14)12-11-6/h2-3H,4-5H2,1H3,(H2,10,16)(H,12,14). The van der Waals surface area contributed by atoms with Crippen molar-refractivity contribution >= 4 is 23.1 Å². The number of thiocarbonyl (C=S) groups is 1. The van der Waals surface area contributed by atoms with E-state index in [1.165, 1.54) is 17.0 Å². The van der Waals surface area contributed by atoms with E-state index in [9.17, 15) is 9.59 Å². The molecule has 1 rings (SSSR count). The van der Waals surface area contributed by atoms with Crippen LogP contribution in [0, 0.1) is 0 Å². The molecule has 0 fully saturated rings.